The third-order valence-corrected chi connectivity index (χ3v) is 3.97. The zero-order valence-corrected chi connectivity index (χ0v) is 13.3. The van der Waals surface area contributed by atoms with Crippen molar-refractivity contribution in [1.82, 2.24) is 9.99 Å². The van der Waals surface area contributed by atoms with Crippen molar-refractivity contribution in [1.29, 1.82) is 0 Å². The van der Waals surface area contributed by atoms with E-state index in [2.05, 4.69) is 10.1 Å². The van der Waals surface area contributed by atoms with Crippen LogP contribution in [0.15, 0.2) is 53.9 Å². The van der Waals surface area contributed by atoms with Crippen LogP contribution in [0.3, 0.4) is 0 Å². The lowest BCUT2D eigenvalue weighted by molar-refractivity contribution is -0.0817. The average Bonchev–Trinajstić information content (AvgIpc) is 2.95. The standard InChI is InChI=1S/C16H11ClF3N3O2/c17-12-5-3-10(4-6-12)14(24)23-15(25,11-2-1-7-21-9-11)8-13(22-23)16(18,19)20/h1-7,9,25H,8H2/t15-/m0/s1. The van der Waals surface area contributed by atoms with Gasteiger partial charge in [0, 0.05) is 28.5 Å². The Hall–Kier alpha value is -2.45. The summed E-state index contributed by atoms with van der Waals surface area (Å²) in [6.45, 7) is 0. The lowest BCUT2D eigenvalue weighted by atomic mass is 9.98. The molecule has 0 radical (unpaired) electrons. The Balaban J connectivity index is 2.06. The Morgan fingerprint density at radius 3 is 2.48 bits per heavy atom. The summed E-state index contributed by atoms with van der Waals surface area (Å²) in [5, 5.41) is 15.0. The number of amides is 1. The summed E-state index contributed by atoms with van der Waals surface area (Å²) in [5.41, 5.74) is -3.46. The summed E-state index contributed by atoms with van der Waals surface area (Å²) in [7, 11) is 0. The molecule has 0 saturated carbocycles. The molecule has 0 spiro atoms. The first-order chi connectivity index (χ1) is 11.7. The van der Waals surface area contributed by atoms with E-state index in [0.29, 0.717) is 10.0 Å². The van der Waals surface area contributed by atoms with Crippen LogP contribution in [0.5, 0.6) is 0 Å². The minimum Gasteiger partial charge on any atom is -0.365 e. The Morgan fingerprint density at radius 1 is 1.24 bits per heavy atom. The van der Waals surface area contributed by atoms with Crippen molar-refractivity contribution in [3.63, 3.8) is 0 Å². The first kappa shape index (κ1) is 17.4. The summed E-state index contributed by atoms with van der Waals surface area (Å²) < 4.78 is 39.3. The molecule has 25 heavy (non-hydrogen) atoms. The molecule has 1 aromatic carbocycles. The monoisotopic (exact) mass is 369 g/mol. The lowest BCUT2D eigenvalue weighted by Crippen LogP contribution is -2.43. The number of pyridine rings is 1. The molecular formula is C16H11ClF3N3O2. The van der Waals surface area contributed by atoms with Crippen molar-refractivity contribution in [2.45, 2.75) is 18.3 Å². The fraction of sp³-hybridized carbons (Fsp3) is 0.188. The van der Waals surface area contributed by atoms with E-state index in [1.54, 1.807) is 0 Å². The molecule has 1 aliphatic heterocycles. The van der Waals surface area contributed by atoms with Crippen LogP contribution in [0, 0.1) is 0 Å². The first-order valence-corrected chi connectivity index (χ1v) is 7.47. The smallest absolute Gasteiger partial charge is 0.365 e. The quantitative estimate of drug-likeness (QED) is 0.883. The molecule has 1 aromatic heterocycles. The number of aromatic nitrogens is 1. The maximum absolute atomic E-state index is 13.1. The molecule has 2 aromatic rings. The number of hydrogen-bond acceptors (Lipinski definition) is 4. The van der Waals surface area contributed by atoms with Gasteiger partial charge in [-0.05, 0) is 30.3 Å². The number of nitrogens with zero attached hydrogens (tertiary/aromatic N) is 3. The Kier molecular flexibility index (Phi) is 4.26. The van der Waals surface area contributed by atoms with Crippen molar-refractivity contribution in [3.8, 4) is 0 Å². The zero-order valence-electron chi connectivity index (χ0n) is 12.5. The molecule has 1 N–H and O–H groups in total. The van der Waals surface area contributed by atoms with E-state index >= 15 is 0 Å². The summed E-state index contributed by atoms with van der Waals surface area (Å²) in [6, 6.07) is 8.35. The molecule has 0 saturated heterocycles. The van der Waals surface area contributed by atoms with Crippen molar-refractivity contribution >= 4 is 23.2 Å². The largest absolute Gasteiger partial charge is 0.431 e. The molecule has 1 aliphatic rings. The molecule has 5 nitrogen and oxygen atoms in total. The number of carbonyl (C=O) groups is 1. The number of alkyl halides is 3. The topological polar surface area (TPSA) is 65.8 Å². The Bertz CT molecular complexity index is 825. The fourth-order valence-corrected chi connectivity index (χ4v) is 2.58. The number of halogens is 4. The van der Waals surface area contributed by atoms with Gasteiger partial charge >= 0.3 is 6.18 Å². The average molecular weight is 370 g/mol. The van der Waals surface area contributed by atoms with Gasteiger partial charge in [0.15, 0.2) is 5.72 Å². The molecule has 1 amide bonds. The maximum atomic E-state index is 13.1. The number of aliphatic hydroxyl groups is 1. The number of rotatable bonds is 2. The molecule has 9 heteroatoms. The maximum Gasteiger partial charge on any atom is 0.431 e. The van der Waals surface area contributed by atoms with Gasteiger partial charge in [-0.2, -0.15) is 23.3 Å². The van der Waals surface area contributed by atoms with Gasteiger partial charge in [0.2, 0.25) is 0 Å². The second-order valence-corrected chi connectivity index (χ2v) is 5.84. The molecule has 0 fully saturated rings. The van der Waals surface area contributed by atoms with Crippen LogP contribution in [-0.2, 0) is 5.72 Å². The van der Waals surface area contributed by atoms with Gasteiger partial charge in [-0.1, -0.05) is 17.7 Å². The third-order valence-electron chi connectivity index (χ3n) is 3.72. The highest BCUT2D eigenvalue weighted by atomic mass is 35.5. The number of carbonyl (C=O) groups excluding carboxylic acids is 1. The molecule has 130 valence electrons. The van der Waals surface area contributed by atoms with Gasteiger partial charge in [0.05, 0.1) is 6.42 Å². The van der Waals surface area contributed by atoms with Crippen molar-refractivity contribution in [2.24, 2.45) is 5.10 Å². The molecule has 1 atom stereocenters. The van der Waals surface area contributed by atoms with Crippen molar-refractivity contribution < 1.29 is 23.1 Å². The second-order valence-electron chi connectivity index (χ2n) is 5.40. The predicted molar refractivity (Wildman–Crippen MR) is 83.9 cm³/mol. The summed E-state index contributed by atoms with van der Waals surface area (Å²) in [6.07, 6.45) is -3.07. The molecule has 3 rings (SSSR count). The van der Waals surface area contributed by atoms with Gasteiger partial charge in [-0.25, -0.2) is 0 Å². The van der Waals surface area contributed by atoms with E-state index in [9.17, 15) is 23.1 Å². The van der Waals surface area contributed by atoms with Crippen LogP contribution in [-0.4, -0.2) is 32.9 Å². The molecule has 0 aliphatic carbocycles. The van der Waals surface area contributed by atoms with Gasteiger partial charge in [-0.3, -0.25) is 9.78 Å². The Labute approximate surface area is 145 Å². The minimum atomic E-state index is -4.77. The SMILES string of the molecule is O=C(c1ccc(Cl)cc1)N1N=C(C(F)(F)F)C[C@]1(O)c1cccnc1. The van der Waals surface area contributed by atoms with Crippen LogP contribution >= 0.6 is 11.6 Å². The van der Waals surface area contributed by atoms with Crippen molar-refractivity contribution in [3.05, 3.63) is 64.9 Å². The van der Waals surface area contributed by atoms with E-state index in [-0.39, 0.29) is 11.1 Å². The number of hydrogen-bond donors (Lipinski definition) is 1. The highest BCUT2D eigenvalue weighted by Gasteiger charge is 2.53. The van der Waals surface area contributed by atoms with Crippen LogP contribution in [0.4, 0.5) is 13.2 Å². The first-order valence-electron chi connectivity index (χ1n) is 7.09. The predicted octanol–water partition coefficient (Wildman–Crippen LogP) is 3.34. The van der Waals surface area contributed by atoms with Gasteiger partial charge < -0.3 is 5.11 Å². The number of hydrazone groups is 1. The highest BCUT2D eigenvalue weighted by molar-refractivity contribution is 6.30. The zero-order chi connectivity index (χ0) is 18.2. The van der Waals surface area contributed by atoms with Crippen LogP contribution in [0.2, 0.25) is 5.02 Å². The second kappa shape index (κ2) is 6.12. The fourth-order valence-electron chi connectivity index (χ4n) is 2.46. The summed E-state index contributed by atoms with van der Waals surface area (Å²) in [4.78, 5) is 16.4. The third kappa shape index (κ3) is 3.22. The van der Waals surface area contributed by atoms with E-state index in [4.69, 9.17) is 11.6 Å². The molecular weight excluding hydrogens is 359 g/mol. The molecule has 0 unspecified atom stereocenters. The summed E-state index contributed by atoms with van der Waals surface area (Å²) >= 11 is 5.75. The van der Waals surface area contributed by atoms with Gasteiger partial charge in [0.1, 0.15) is 5.71 Å². The number of benzene rings is 1. The van der Waals surface area contributed by atoms with E-state index in [0.717, 1.165) is 0 Å². The molecule has 0 bridgehead atoms. The minimum absolute atomic E-state index is 0.0281. The summed E-state index contributed by atoms with van der Waals surface area (Å²) in [5.74, 6) is -0.887. The highest BCUT2D eigenvalue weighted by Crippen LogP contribution is 2.40. The van der Waals surface area contributed by atoms with Crippen LogP contribution in [0.1, 0.15) is 22.3 Å². The van der Waals surface area contributed by atoms with E-state index in [1.165, 1.54) is 48.8 Å². The lowest BCUT2D eigenvalue weighted by Gasteiger charge is -2.31. The Morgan fingerprint density at radius 2 is 1.92 bits per heavy atom. The van der Waals surface area contributed by atoms with Crippen LogP contribution in [0.25, 0.3) is 0 Å². The molecule has 2 heterocycles. The van der Waals surface area contributed by atoms with E-state index in [1.807, 2.05) is 0 Å². The van der Waals surface area contributed by atoms with Crippen molar-refractivity contribution in [2.75, 3.05) is 0 Å². The normalized spacial score (nSPS) is 20.5. The van der Waals surface area contributed by atoms with Gasteiger partial charge in [-0.15, -0.1) is 0 Å². The van der Waals surface area contributed by atoms with Crippen LogP contribution < -0.4 is 0 Å². The van der Waals surface area contributed by atoms with Gasteiger partial charge in [0.25, 0.3) is 5.91 Å². The van der Waals surface area contributed by atoms with E-state index < -0.39 is 29.9 Å².